The van der Waals surface area contributed by atoms with Gasteiger partial charge in [-0.25, -0.2) is 0 Å². The molecule has 0 heterocycles. The maximum Gasteiger partial charge on any atom is 0.221 e. The van der Waals surface area contributed by atoms with E-state index in [-0.39, 0.29) is 5.91 Å². The van der Waals surface area contributed by atoms with Crippen LogP contribution in [0.1, 0.15) is 40.0 Å². The van der Waals surface area contributed by atoms with Crippen LogP contribution in [0.2, 0.25) is 0 Å². The number of carbonyl (C=O) groups is 1. The average Bonchev–Trinajstić information content (AvgIpc) is 2.01. The summed E-state index contributed by atoms with van der Waals surface area (Å²) in [4.78, 5) is 11.2. The van der Waals surface area contributed by atoms with E-state index in [9.17, 15) is 4.79 Å². The average molecular weight is 250 g/mol. The molecule has 0 bridgehead atoms. The molecular formula is C10H20BrNO. The molecule has 0 rings (SSSR count). The van der Waals surface area contributed by atoms with Crippen molar-refractivity contribution in [2.45, 2.75) is 46.1 Å². The van der Waals surface area contributed by atoms with Crippen LogP contribution >= 0.6 is 15.9 Å². The summed E-state index contributed by atoms with van der Waals surface area (Å²) in [7, 11) is 0. The maximum absolute atomic E-state index is 11.2. The molecule has 0 aromatic carbocycles. The Kier molecular flexibility index (Phi) is 7.33. The lowest BCUT2D eigenvalue weighted by atomic mass is 10.0. The molecule has 0 radical (unpaired) electrons. The van der Waals surface area contributed by atoms with Crippen LogP contribution in [0, 0.1) is 5.92 Å². The first kappa shape index (κ1) is 12.9. The first-order chi connectivity index (χ1) is 6.06. The van der Waals surface area contributed by atoms with E-state index in [0.29, 0.717) is 12.5 Å². The van der Waals surface area contributed by atoms with Crippen molar-refractivity contribution in [3.8, 4) is 0 Å². The van der Waals surface area contributed by atoms with E-state index in [0.717, 1.165) is 17.7 Å². The van der Waals surface area contributed by atoms with Gasteiger partial charge in [-0.2, -0.15) is 0 Å². The minimum absolute atomic E-state index is 0.146. The zero-order chi connectivity index (χ0) is 10.3. The third-order valence-electron chi connectivity index (χ3n) is 1.91. The SMILES string of the molecule is CC(C)CCC(C)NC(=O)CCBr. The van der Waals surface area contributed by atoms with Crippen LogP contribution < -0.4 is 5.32 Å². The predicted octanol–water partition coefficient (Wildman–Crippen LogP) is 2.71. The summed E-state index contributed by atoms with van der Waals surface area (Å²) in [5, 5.41) is 3.71. The molecule has 0 aromatic rings. The molecule has 3 heteroatoms. The summed E-state index contributed by atoms with van der Waals surface area (Å²) in [5.74, 6) is 0.864. The second-order valence-electron chi connectivity index (χ2n) is 3.88. The van der Waals surface area contributed by atoms with Crippen molar-refractivity contribution in [2.75, 3.05) is 5.33 Å². The first-order valence-corrected chi connectivity index (χ1v) is 6.03. The van der Waals surface area contributed by atoms with Crippen molar-refractivity contribution in [3.63, 3.8) is 0 Å². The number of nitrogens with one attached hydrogen (secondary N) is 1. The predicted molar refractivity (Wildman–Crippen MR) is 60.1 cm³/mol. The largest absolute Gasteiger partial charge is 0.354 e. The van der Waals surface area contributed by atoms with E-state index >= 15 is 0 Å². The number of halogens is 1. The molecule has 0 aliphatic carbocycles. The lowest BCUT2D eigenvalue weighted by Gasteiger charge is -2.14. The van der Waals surface area contributed by atoms with Crippen LogP contribution in [0.25, 0.3) is 0 Å². The molecule has 13 heavy (non-hydrogen) atoms. The zero-order valence-electron chi connectivity index (χ0n) is 8.77. The Hall–Kier alpha value is -0.0500. The molecule has 1 amide bonds. The fourth-order valence-corrected chi connectivity index (χ4v) is 1.45. The van der Waals surface area contributed by atoms with Crippen LogP contribution in [0.3, 0.4) is 0 Å². The van der Waals surface area contributed by atoms with Gasteiger partial charge in [-0.05, 0) is 25.7 Å². The summed E-state index contributed by atoms with van der Waals surface area (Å²) in [6.07, 6.45) is 2.83. The van der Waals surface area contributed by atoms with E-state index in [4.69, 9.17) is 0 Å². The topological polar surface area (TPSA) is 29.1 Å². The fourth-order valence-electron chi connectivity index (χ4n) is 1.09. The van der Waals surface area contributed by atoms with Crippen molar-refractivity contribution in [1.82, 2.24) is 5.32 Å². The Morgan fingerprint density at radius 1 is 1.31 bits per heavy atom. The van der Waals surface area contributed by atoms with E-state index in [1.54, 1.807) is 0 Å². The van der Waals surface area contributed by atoms with Crippen LogP contribution in [0.5, 0.6) is 0 Å². The number of rotatable bonds is 6. The standard InChI is InChI=1S/C10H20BrNO/c1-8(2)4-5-9(3)12-10(13)6-7-11/h8-9H,4-7H2,1-3H3,(H,12,13). The molecule has 1 unspecified atom stereocenters. The van der Waals surface area contributed by atoms with E-state index in [1.165, 1.54) is 6.42 Å². The van der Waals surface area contributed by atoms with Crippen LogP contribution in [-0.2, 0) is 4.79 Å². The van der Waals surface area contributed by atoms with Gasteiger partial charge in [0.25, 0.3) is 0 Å². The molecule has 0 saturated heterocycles. The molecule has 1 N–H and O–H groups in total. The number of hydrogen-bond donors (Lipinski definition) is 1. The van der Waals surface area contributed by atoms with E-state index in [1.807, 2.05) is 0 Å². The molecule has 2 nitrogen and oxygen atoms in total. The maximum atomic E-state index is 11.2. The molecule has 0 aromatic heterocycles. The Bertz CT molecular complexity index is 148. The minimum Gasteiger partial charge on any atom is -0.354 e. The summed E-state index contributed by atoms with van der Waals surface area (Å²) in [6.45, 7) is 6.47. The highest BCUT2D eigenvalue weighted by atomic mass is 79.9. The highest BCUT2D eigenvalue weighted by molar-refractivity contribution is 9.09. The van der Waals surface area contributed by atoms with Gasteiger partial charge < -0.3 is 5.32 Å². The van der Waals surface area contributed by atoms with Crippen molar-refractivity contribution < 1.29 is 4.79 Å². The monoisotopic (exact) mass is 249 g/mol. The van der Waals surface area contributed by atoms with Gasteiger partial charge in [0, 0.05) is 17.8 Å². The zero-order valence-corrected chi connectivity index (χ0v) is 10.4. The quantitative estimate of drug-likeness (QED) is 0.721. The Labute approximate surface area is 89.6 Å². The van der Waals surface area contributed by atoms with Gasteiger partial charge in [-0.1, -0.05) is 29.8 Å². The molecule has 78 valence electrons. The first-order valence-electron chi connectivity index (χ1n) is 4.91. The molecule has 0 aliphatic rings. The van der Waals surface area contributed by atoms with Crippen molar-refractivity contribution in [3.05, 3.63) is 0 Å². The molecule has 0 aliphatic heterocycles. The summed E-state index contributed by atoms with van der Waals surface area (Å²) in [5.41, 5.74) is 0. The lowest BCUT2D eigenvalue weighted by Crippen LogP contribution is -2.32. The number of carbonyl (C=O) groups excluding carboxylic acids is 1. The van der Waals surface area contributed by atoms with Gasteiger partial charge in [-0.3, -0.25) is 4.79 Å². The van der Waals surface area contributed by atoms with E-state index in [2.05, 4.69) is 42.0 Å². The van der Waals surface area contributed by atoms with Gasteiger partial charge in [0.1, 0.15) is 0 Å². The van der Waals surface area contributed by atoms with Crippen LogP contribution in [-0.4, -0.2) is 17.3 Å². The smallest absolute Gasteiger partial charge is 0.221 e. The summed E-state index contributed by atoms with van der Waals surface area (Å²) >= 11 is 3.24. The van der Waals surface area contributed by atoms with E-state index < -0.39 is 0 Å². The number of alkyl halides is 1. The van der Waals surface area contributed by atoms with Gasteiger partial charge in [0.2, 0.25) is 5.91 Å². The number of hydrogen-bond acceptors (Lipinski definition) is 1. The van der Waals surface area contributed by atoms with Gasteiger partial charge in [0.05, 0.1) is 0 Å². The Morgan fingerprint density at radius 2 is 1.92 bits per heavy atom. The highest BCUT2D eigenvalue weighted by Crippen LogP contribution is 2.06. The third-order valence-corrected chi connectivity index (χ3v) is 2.30. The molecule has 0 saturated carbocycles. The second kappa shape index (κ2) is 7.36. The van der Waals surface area contributed by atoms with Gasteiger partial charge in [0.15, 0.2) is 0 Å². The lowest BCUT2D eigenvalue weighted by molar-refractivity contribution is -0.121. The fraction of sp³-hybridized carbons (Fsp3) is 0.900. The molecular weight excluding hydrogens is 230 g/mol. The van der Waals surface area contributed by atoms with Crippen molar-refractivity contribution >= 4 is 21.8 Å². The molecule has 1 atom stereocenters. The highest BCUT2D eigenvalue weighted by Gasteiger charge is 2.06. The number of amides is 1. The summed E-state index contributed by atoms with van der Waals surface area (Å²) < 4.78 is 0. The molecule has 0 spiro atoms. The third kappa shape index (κ3) is 8.28. The summed E-state index contributed by atoms with van der Waals surface area (Å²) in [6, 6.07) is 0.314. The minimum atomic E-state index is 0.146. The van der Waals surface area contributed by atoms with Crippen LogP contribution in [0.15, 0.2) is 0 Å². The Balaban J connectivity index is 3.49. The normalized spacial score (nSPS) is 13.0. The van der Waals surface area contributed by atoms with Gasteiger partial charge in [-0.15, -0.1) is 0 Å². The second-order valence-corrected chi connectivity index (χ2v) is 4.67. The van der Waals surface area contributed by atoms with Crippen LogP contribution in [0.4, 0.5) is 0 Å². The van der Waals surface area contributed by atoms with Gasteiger partial charge >= 0.3 is 0 Å². The molecule has 0 fully saturated rings. The van der Waals surface area contributed by atoms with Crippen molar-refractivity contribution in [2.24, 2.45) is 5.92 Å². The Morgan fingerprint density at radius 3 is 2.38 bits per heavy atom. The van der Waals surface area contributed by atoms with Crippen molar-refractivity contribution in [1.29, 1.82) is 0 Å².